The quantitative estimate of drug-likeness (QED) is 0.791. The van der Waals surface area contributed by atoms with Gasteiger partial charge in [0.1, 0.15) is 5.75 Å². The predicted octanol–water partition coefficient (Wildman–Crippen LogP) is 3.52. The summed E-state index contributed by atoms with van der Waals surface area (Å²) in [7, 11) is 0. The van der Waals surface area contributed by atoms with Gasteiger partial charge in [0.25, 0.3) is 5.91 Å². The number of benzene rings is 1. The second kappa shape index (κ2) is 8.04. The van der Waals surface area contributed by atoms with Crippen LogP contribution in [0.15, 0.2) is 18.3 Å². The van der Waals surface area contributed by atoms with Crippen LogP contribution in [0.1, 0.15) is 66.5 Å². The van der Waals surface area contributed by atoms with Crippen LogP contribution in [-0.2, 0) is 10.3 Å². The molecule has 0 aliphatic heterocycles. The number of rotatable bonds is 6. The van der Waals surface area contributed by atoms with Crippen LogP contribution in [0.3, 0.4) is 0 Å². The van der Waals surface area contributed by atoms with Crippen molar-refractivity contribution in [3.05, 3.63) is 46.3 Å². The topological polar surface area (TPSA) is 93.5 Å². The lowest BCUT2D eigenvalue weighted by molar-refractivity contribution is -0.139. The Balaban J connectivity index is 2.19. The zero-order chi connectivity index (χ0) is 21.2. The molecule has 1 atom stereocenters. The first kappa shape index (κ1) is 21.5. The third-order valence-electron chi connectivity index (χ3n) is 4.50. The van der Waals surface area contributed by atoms with Gasteiger partial charge in [0.05, 0.1) is 17.3 Å². The molecule has 1 aromatic heterocycles. The van der Waals surface area contributed by atoms with Crippen LogP contribution in [0.25, 0.3) is 0 Å². The molecule has 0 spiro atoms. The van der Waals surface area contributed by atoms with Crippen molar-refractivity contribution in [1.82, 2.24) is 15.1 Å². The maximum atomic E-state index is 12.8. The standard InChI is InChI=1S/C21H29N3O4/c1-12-8-16(9-13(2)19(12)28-11-18(25)26)20(27)22-14(3)17-10-24(21(5,6)7)23-15(17)4/h8-10,14H,11H2,1-7H3,(H,22,27)(H,25,26). The lowest BCUT2D eigenvalue weighted by Gasteiger charge is -2.19. The number of amides is 1. The summed E-state index contributed by atoms with van der Waals surface area (Å²) in [6.45, 7) is 13.3. The molecule has 2 rings (SSSR count). The molecule has 0 aliphatic rings. The van der Waals surface area contributed by atoms with Crippen LogP contribution in [-0.4, -0.2) is 33.4 Å². The van der Waals surface area contributed by atoms with E-state index in [9.17, 15) is 9.59 Å². The van der Waals surface area contributed by atoms with E-state index in [4.69, 9.17) is 9.84 Å². The van der Waals surface area contributed by atoms with Crippen molar-refractivity contribution < 1.29 is 19.4 Å². The van der Waals surface area contributed by atoms with Gasteiger partial charge >= 0.3 is 5.97 Å². The highest BCUT2D eigenvalue weighted by molar-refractivity contribution is 5.95. The average molecular weight is 387 g/mol. The zero-order valence-corrected chi connectivity index (χ0v) is 17.6. The zero-order valence-electron chi connectivity index (χ0n) is 17.6. The Labute approximate surface area is 165 Å². The van der Waals surface area contributed by atoms with E-state index in [1.165, 1.54) is 0 Å². The summed E-state index contributed by atoms with van der Waals surface area (Å²) in [6, 6.07) is 3.21. The Kier molecular flexibility index (Phi) is 6.17. The number of carboxylic acid groups (broad SMARTS) is 1. The van der Waals surface area contributed by atoms with E-state index in [1.807, 2.05) is 24.7 Å². The van der Waals surface area contributed by atoms with Crippen molar-refractivity contribution in [3.8, 4) is 5.75 Å². The number of carbonyl (C=O) groups excluding carboxylic acids is 1. The van der Waals surface area contributed by atoms with Gasteiger partial charge < -0.3 is 15.2 Å². The Hall–Kier alpha value is -2.83. The Morgan fingerprint density at radius 3 is 2.25 bits per heavy atom. The van der Waals surface area contributed by atoms with Crippen LogP contribution in [0.2, 0.25) is 0 Å². The molecule has 7 heteroatoms. The molecule has 0 radical (unpaired) electrons. The summed E-state index contributed by atoms with van der Waals surface area (Å²) in [5.74, 6) is -0.749. The van der Waals surface area contributed by atoms with Gasteiger partial charge in [-0.15, -0.1) is 0 Å². The molecule has 1 heterocycles. The summed E-state index contributed by atoms with van der Waals surface area (Å²) in [4.78, 5) is 23.5. The van der Waals surface area contributed by atoms with Gasteiger partial charge in [-0.25, -0.2) is 4.79 Å². The van der Waals surface area contributed by atoms with Gasteiger partial charge in [0.15, 0.2) is 6.61 Å². The Morgan fingerprint density at radius 2 is 1.79 bits per heavy atom. The van der Waals surface area contributed by atoms with Gasteiger partial charge in [-0.1, -0.05) is 0 Å². The van der Waals surface area contributed by atoms with E-state index in [0.717, 1.165) is 22.4 Å². The molecular formula is C21H29N3O4. The van der Waals surface area contributed by atoms with E-state index in [2.05, 4.69) is 31.2 Å². The molecule has 7 nitrogen and oxygen atoms in total. The smallest absolute Gasteiger partial charge is 0.341 e. The molecule has 0 bridgehead atoms. The third kappa shape index (κ3) is 4.91. The first-order valence-electron chi connectivity index (χ1n) is 9.23. The predicted molar refractivity (Wildman–Crippen MR) is 107 cm³/mol. The molecular weight excluding hydrogens is 358 g/mol. The molecule has 28 heavy (non-hydrogen) atoms. The fourth-order valence-electron chi connectivity index (χ4n) is 3.04. The molecule has 0 saturated heterocycles. The summed E-state index contributed by atoms with van der Waals surface area (Å²) in [5.41, 5.74) is 3.66. The maximum absolute atomic E-state index is 12.8. The lowest BCUT2D eigenvalue weighted by Crippen LogP contribution is -2.27. The second-order valence-corrected chi connectivity index (χ2v) is 8.10. The number of hydrogen-bond acceptors (Lipinski definition) is 4. The molecule has 0 fully saturated rings. The van der Waals surface area contributed by atoms with Gasteiger partial charge in [0, 0.05) is 17.3 Å². The van der Waals surface area contributed by atoms with E-state index in [0.29, 0.717) is 11.3 Å². The van der Waals surface area contributed by atoms with Crippen molar-refractivity contribution in [2.45, 2.75) is 60.0 Å². The van der Waals surface area contributed by atoms with Crippen molar-refractivity contribution in [2.24, 2.45) is 0 Å². The van der Waals surface area contributed by atoms with E-state index < -0.39 is 12.6 Å². The fraction of sp³-hybridized carbons (Fsp3) is 0.476. The van der Waals surface area contributed by atoms with Crippen LogP contribution < -0.4 is 10.1 Å². The molecule has 0 aliphatic carbocycles. The average Bonchev–Trinajstić information content (AvgIpc) is 2.95. The summed E-state index contributed by atoms with van der Waals surface area (Å²) >= 11 is 0. The first-order valence-corrected chi connectivity index (χ1v) is 9.23. The van der Waals surface area contributed by atoms with Crippen molar-refractivity contribution in [2.75, 3.05) is 6.61 Å². The Morgan fingerprint density at radius 1 is 1.21 bits per heavy atom. The minimum Gasteiger partial charge on any atom is -0.481 e. The van der Waals surface area contributed by atoms with Crippen LogP contribution in [0.5, 0.6) is 5.75 Å². The van der Waals surface area contributed by atoms with Gasteiger partial charge in [-0.05, 0) is 71.7 Å². The summed E-state index contributed by atoms with van der Waals surface area (Å²) < 4.78 is 7.23. The number of nitrogens with zero attached hydrogens (tertiary/aromatic N) is 2. The minimum absolute atomic E-state index is 0.132. The van der Waals surface area contributed by atoms with Crippen molar-refractivity contribution >= 4 is 11.9 Å². The van der Waals surface area contributed by atoms with Crippen LogP contribution in [0, 0.1) is 20.8 Å². The van der Waals surface area contributed by atoms with E-state index >= 15 is 0 Å². The molecule has 0 saturated carbocycles. The van der Waals surface area contributed by atoms with E-state index in [1.54, 1.807) is 26.0 Å². The number of carbonyl (C=O) groups is 2. The van der Waals surface area contributed by atoms with Crippen LogP contribution >= 0.6 is 0 Å². The largest absolute Gasteiger partial charge is 0.481 e. The fourth-order valence-corrected chi connectivity index (χ4v) is 3.04. The summed E-state index contributed by atoms with van der Waals surface area (Å²) in [5, 5.41) is 16.4. The molecule has 1 amide bonds. The highest BCUT2D eigenvalue weighted by atomic mass is 16.5. The molecule has 152 valence electrons. The number of aromatic nitrogens is 2. The van der Waals surface area contributed by atoms with Gasteiger partial charge in [-0.2, -0.15) is 5.10 Å². The number of ether oxygens (including phenoxy) is 1. The summed E-state index contributed by atoms with van der Waals surface area (Å²) in [6.07, 6.45) is 1.97. The molecule has 1 aromatic carbocycles. The minimum atomic E-state index is -1.04. The van der Waals surface area contributed by atoms with Crippen molar-refractivity contribution in [3.63, 3.8) is 0 Å². The molecule has 2 aromatic rings. The number of carboxylic acids is 1. The first-order chi connectivity index (χ1) is 12.9. The number of hydrogen-bond donors (Lipinski definition) is 2. The number of aliphatic carboxylic acids is 1. The highest BCUT2D eigenvalue weighted by Gasteiger charge is 2.21. The Bertz CT molecular complexity index is 871. The van der Waals surface area contributed by atoms with Gasteiger partial charge in [0.2, 0.25) is 0 Å². The van der Waals surface area contributed by atoms with E-state index in [-0.39, 0.29) is 17.5 Å². The van der Waals surface area contributed by atoms with Crippen LogP contribution in [0.4, 0.5) is 0 Å². The monoisotopic (exact) mass is 387 g/mol. The third-order valence-corrected chi connectivity index (χ3v) is 4.50. The number of aryl methyl sites for hydroxylation is 3. The highest BCUT2D eigenvalue weighted by Crippen LogP contribution is 2.26. The second-order valence-electron chi connectivity index (χ2n) is 8.10. The molecule has 2 N–H and O–H groups in total. The SMILES string of the molecule is Cc1cc(C(=O)NC(C)c2cn(C(C)(C)C)nc2C)cc(C)c1OCC(=O)O. The van der Waals surface area contributed by atoms with Crippen molar-refractivity contribution in [1.29, 1.82) is 0 Å². The molecule has 1 unspecified atom stereocenters. The normalized spacial score (nSPS) is 12.5. The number of nitrogens with one attached hydrogen (secondary N) is 1. The lowest BCUT2D eigenvalue weighted by atomic mass is 10.0. The maximum Gasteiger partial charge on any atom is 0.341 e. The van der Waals surface area contributed by atoms with Gasteiger partial charge in [-0.3, -0.25) is 9.48 Å².